The van der Waals surface area contributed by atoms with Gasteiger partial charge in [0.05, 0.1) is 22.2 Å². The molecule has 4 rings (SSSR count). The van der Waals surface area contributed by atoms with Crippen LogP contribution in [0.2, 0.25) is 0 Å². The van der Waals surface area contributed by atoms with E-state index in [1.807, 2.05) is 13.0 Å². The van der Waals surface area contributed by atoms with Crippen molar-refractivity contribution < 1.29 is 18.0 Å². The van der Waals surface area contributed by atoms with Gasteiger partial charge in [-0.2, -0.15) is 18.4 Å². The normalized spacial score (nSPS) is 11.4. The molecule has 0 saturated heterocycles. The molecule has 3 aromatic carbocycles. The molecule has 6 nitrogen and oxygen atoms in total. The first-order chi connectivity index (χ1) is 16.1. The van der Waals surface area contributed by atoms with Gasteiger partial charge in [0, 0.05) is 30.4 Å². The summed E-state index contributed by atoms with van der Waals surface area (Å²) < 4.78 is 43.6. The Hall–Kier alpha value is -4.32. The SMILES string of the molecule is CCc1nc2cc(-c3cccc(NC(=O)c4ccc(N)c(C#N)c4)c3)c(C(F)(F)F)cc2n1C. The maximum absolute atomic E-state index is 14.0. The molecule has 0 fully saturated rings. The smallest absolute Gasteiger partial charge is 0.398 e. The summed E-state index contributed by atoms with van der Waals surface area (Å²) >= 11 is 0. The molecule has 0 spiro atoms. The molecule has 3 N–H and O–H groups in total. The van der Waals surface area contributed by atoms with Gasteiger partial charge >= 0.3 is 6.18 Å². The molecule has 0 aliphatic carbocycles. The molecule has 1 heterocycles. The van der Waals surface area contributed by atoms with Crippen molar-refractivity contribution in [2.45, 2.75) is 19.5 Å². The average molecular weight is 463 g/mol. The summed E-state index contributed by atoms with van der Waals surface area (Å²) in [5.74, 6) is 0.166. The monoisotopic (exact) mass is 463 g/mol. The number of carbonyl (C=O) groups excluding carboxylic acids is 1. The first-order valence-electron chi connectivity index (χ1n) is 10.4. The summed E-state index contributed by atoms with van der Waals surface area (Å²) in [5, 5.41) is 11.8. The minimum absolute atomic E-state index is 0.0314. The van der Waals surface area contributed by atoms with Crippen LogP contribution in [0.3, 0.4) is 0 Å². The van der Waals surface area contributed by atoms with Gasteiger partial charge in [0.1, 0.15) is 11.9 Å². The number of nitrogens with zero attached hydrogens (tertiary/aromatic N) is 3. The maximum atomic E-state index is 14.0. The number of carbonyl (C=O) groups is 1. The number of alkyl halides is 3. The molecule has 172 valence electrons. The van der Waals surface area contributed by atoms with Crippen LogP contribution in [-0.4, -0.2) is 15.5 Å². The zero-order valence-corrected chi connectivity index (χ0v) is 18.4. The van der Waals surface area contributed by atoms with E-state index in [4.69, 9.17) is 11.0 Å². The minimum atomic E-state index is -4.59. The fraction of sp³-hybridized carbons (Fsp3) is 0.160. The standard InChI is InChI=1S/C25H20F3N5O/c1-3-23-32-21-11-18(19(25(26,27)28)12-22(21)33(23)2)14-5-4-6-17(10-14)31-24(34)15-7-8-20(30)16(9-15)13-29/h4-12H,3,30H2,1-2H3,(H,31,34). The quantitative estimate of drug-likeness (QED) is 0.389. The van der Waals surface area contributed by atoms with E-state index in [-0.39, 0.29) is 27.9 Å². The van der Waals surface area contributed by atoms with E-state index < -0.39 is 17.6 Å². The number of nitriles is 1. The number of aryl methyl sites for hydroxylation is 2. The topological polar surface area (TPSA) is 96.7 Å². The number of hydrogen-bond donors (Lipinski definition) is 2. The molecular formula is C25H20F3N5O. The number of nitrogens with two attached hydrogens (primary N) is 1. The van der Waals surface area contributed by atoms with Crippen LogP contribution in [0.1, 0.15) is 34.2 Å². The van der Waals surface area contributed by atoms with Gasteiger partial charge in [0.15, 0.2) is 0 Å². The molecule has 4 aromatic rings. The molecule has 34 heavy (non-hydrogen) atoms. The van der Waals surface area contributed by atoms with Crippen LogP contribution in [0.15, 0.2) is 54.6 Å². The number of imidazole rings is 1. The number of nitrogen functional groups attached to an aromatic ring is 1. The third kappa shape index (κ3) is 4.18. The molecule has 0 unspecified atom stereocenters. The number of rotatable bonds is 4. The molecule has 1 amide bonds. The van der Waals surface area contributed by atoms with E-state index in [9.17, 15) is 18.0 Å². The molecule has 0 bridgehead atoms. The fourth-order valence-electron chi connectivity index (χ4n) is 3.84. The number of fused-ring (bicyclic) bond motifs is 1. The van der Waals surface area contributed by atoms with E-state index in [1.54, 1.807) is 29.8 Å². The second-order valence-corrected chi connectivity index (χ2v) is 7.77. The Balaban J connectivity index is 1.75. The fourth-order valence-corrected chi connectivity index (χ4v) is 3.84. The summed E-state index contributed by atoms with van der Waals surface area (Å²) in [7, 11) is 1.69. The van der Waals surface area contributed by atoms with Gasteiger partial charge in [-0.3, -0.25) is 4.79 Å². The van der Waals surface area contributed by atoms with Crippen molar-refractivity contribution in [1.29, 1.82) is 5.26 Å². The van der Waals surface area contributed by atoms with E-state index in [0.717, 1.165) is 6.07 Å². The van der Waals surface area contributed by atoms with Gasteiger partial charge < -0.3 is 15.6 Å². The van der Waals surface area contributed by atoms with E-state index in [0.29, 0.717) is 29.0 Å². The summed E-state index contributed by atoms with van der Waals surface area (Å²) in [6, 6.07) is 14.9. The van der Waals surface area contributed by atoms with Gasteiger partial charge in [-0.1, -0.05) is 19.1 Å². The largest absolute Gasteiger partial charge is 0.417 e. The summed E-state index contributed by atoms with van der Waals surface area (Å²) in [4.78, 5) is 17.1. The first-order valence-corrected chi connectivity index (χ1v) is 10.4. The summed E-state index contributed by atoms with van der Waals surface area (Å²) in [6.07, 6.45) is -4.00. The van der Waals surface area contributed by atoms with Gasteiger partial charge in [0.2, 0.25) is 0 Å². The van der Waals surface area contributed by atoms with Crippen molar-refractivity contribution in [1.82, 2.24) is 9.55 Å². The Morgan fingerprint density at radius 3 is 2.62 bits per heavy atom. The van der Waals surface area contributed by atoms with Crippen molar-refractivity contribution in [3.8, 4) is 17.2 Å². The molecule has 0 aliphatic rings. The number of halogens is 3. The van der Waals surface area contributed by atoms with Crippen LogP contribution in [0.4, 0.5) is 24.5 Å². The molecule has 0 saturated carbocycles. The molecule has 0 radical (unpaired) electrons. The van der Waals surface area contributed by atoms with Crippen LogP contribution in [0, 0.1) is 11.3 Å². The van der Waals surface area contributed by atoms with Crippen LogP contribution >= 0.6 is 0 Å². The number of nitrogens with one attached hydrogen (secondary N) is 1. The number of anilines is 2. The van der Waals surface area contributed by atoms with Crippen LogP contribution in [-0.2, 0) is 19.6 Å². The van der Waals surface area contributed by atoms with Crippen LogP contribution in [0.5, 0.6) is 0 Å². The lowest BCUT2D eigenvalue weighted by atomic mass is 9.97. The molecule has 1 aromatic heterocycles. The Bertz CT molecular complexity index is 1460. The zero-order valence-electron chi connectivity index (χ0n) is 18.4. The van der Waals surface area contributed by atoms with Crippen molar-refractivity contribution in [3.63, 3.8) is 0 Å². The van der Waals surface area contributed by atoms with Gasteiger partial charge in [0.25, 0.3) is 5.91 Å². The minimum Gasteiger partial charge on any atom is -0.398 e. The zero-order chi connectivity index (χ0) is 24.6. The highest BCUT2D eigenvalue weighted by molar-refractivity contribution is 6.05. The van der Waals surface area contributed by atoms with Gasteiger partial charge in [-0.25, -0.2) is 4.98 Å². The van der Waals surface area contributed by atoms with E-state index in [2.05, 4.69) is 10.3 Å². The predicted molar refractivity (Wildman–Crippen MR) is 124 cm³/mol. The van der Waals surface area contributed by atoms with E-state index in [1.165, 1.54) is 30.3 Å². The molecule has 0 aliphatic heterocycles. The molecule has 0 atom stereocenters. The lowest BCUT2D eigenvalue weighted by Crippen LogP contribution is -2.12. The van der Waals surface area contributed by atoms with E-state index >= 15 is 0 Å². The lowest BCUT2D eigenvalue weighted by molar-refractivity contribution is -0.137. The highest BCUT2D eigenvalue weighted by atomic mass is 19.4. The van der Waals surface area contributed by atoms with Crippen molar-refractivity contribution in [2.75, 3.05) is 11.1 Å². The van der Waals surface area contributed by atoms with Gasteiger partial charge in [-0.15, -0.1) is 0 Å². The number of amides is 1. The number of aromatic nitrogens is 2. The lowest BCUT2D eigenvalue weighted by Gasteiger charge is -2.15. The Morgan fingerprint density at radius 1 is 1.18 bits per heavy atom. The Labute approximate surface area is 193 Å². The predicted octanol–water partition coefficient (Wildman–Crippen LogP) is 5.53. The second kappa shape index (κ2) is 8.56. The average Bonchev–Trinajstić information content (AvgIpc) is 3.13. The summed E-state index contributed by atoms with van der Waals surface area (Å²) in [6.45, 7) is 1.89. The maximum Gasteiger partial charge on any atom is 0.417 e. The highest BCUT2D eigenvalue weighted by Crippen LogP contribution is 2.40. The van der Waals surface area contributed by atoms with Crippen molar-refractivity contribution >= 4 is 28.3 Å². The van der Waals surface area contributed by atoms with Crippen molar-refractivity contribution in [3.05, 3.63) is 77.1 Å². The molecule has 9 heteroatoms. The van der Waals surface area contributed by atoms with Crippen LogP contribution < -0.4 is 11.1 Å². The molecular weight excluding hydrogens is 443 g/mol. The van der Waals surface area contributed by atoms with Gasteiger partial charge in [-0.05, 0) is 53.6 Å². The highest BCUT2D eigenvalue weighted by Gasteiger charge is 2.35. The third-order valence-corrected chi connectivity index (χ3v) is 5.60. The number of benzene rings is 3. The Kier molecular flexibility index (Phi) is 5.75. The first kappa shape index (κ1) is 22.9. The second-order valence-electron chi connectivity index (χ2n) is 7.77. The van der Waals surface area contributed by atoms with Crippen LogP contribution in [0.25, 0.3) is 22.2 Å². The number of hydrogen-bond acceptors (Lipinski definition) is 4. The Morgan fingerprint density at radius 2 is 1.94 bits per heavy atom. The third-order valence-electron chi connectivity index (χ3n) is 5.60. The van der Waals surface area contributed by atoms with Crippen molar-refractivity contribution in [2.24, 2.45) is 7.05 Å². The summed E-state index contributed by atoms with van der Waals surface area (Å²) in [5.41, 5.74) is 6.93.